The largest absolute Gasteiger partial charge is 0.354 e. The summed E-state index contributed by atoms with van der Waals surface area (Å²) in [6.07, 6.45) is 4.46. The van der Waals surface area contributed by atoms with E-state index in [4.69, 9.17) is 23.2 Å². The summed E-state index contributed by atoms with van der Waals surface area (Å²) in [4.78, 5) is 6.30. The molecule has 17 heavy (non-hydrogen) atoms. The van der Waals surface area contributed by atoms with Crippen LogP contribution in [-0.2, 0) is 0 Å². The number of nitrogens with zero attached hydrogens (tertiary/aromatic N) is 4. The quantitative estimate of drug-likeness (QED) is 0.763. The SMILES string of the molecule is CCCCN(CCCC)c1nc(Cl)nnc1Cl. The zero-order valence-corrected chi connectivity index (χ0v) is 11.8. The minimum Gasteiger partial charge on any atom is -0.354 e. The van der Waals surface area contributed by atoms with Gasteiger partial charge in [0, 0.05) is 13.1 Å². The molecule has 0 aliphatic rings. The molecule has 0 radical (unpaired) electrons. The number of rotatable bonds is 7. The number of anilines is 1. The fourth-order valence-corrected chi connectivity index (χ4v) is 1.83. The average Bonchev–Trinajstić information content (AvgIpc) is 2.33. The Kier molecular flexibility index (Phi) is 6.52. The van der Waals surface area contributed by atoms with Crippen molar-refractivity contribution in [1.29, 1.82) is 0 Å². The predicted molar refractivity (Wildman–Crippen MR) is 71.9 cm³/mol. The molecule has 0 saturated heterocycles. The van der Waals surface area contributed by atoms with Gasteiger partial charge in [-0.1, -0.05) is 38.3 Å². The van der Waals surface area contributed by atoms with Crippen molar-refractivity contribution in [1.82, 2.24) is 15.2 Å². The standard InChI is InChI=1S/C11H18Cl2N4/c1-3-5-7-17(8-6-4-2)10-9(12)15-16-11(13)14-10/h3-8H2,1-2H3. The highest BCUT2D eigenvalue weighted by Crippen LogP contribution is 2.22. The Balaban J connectivity index is 2.82. The van der Waals surface area contributed by atoms with Crippen LogP contribution in [0, 0.1) is 0 Å². The number of halogens is 2. The molecule has 0 aliphatic heterocycles. The van der Waals surface area contributed by atoms with Crippen LogP contribution in [-0.4, -0.2) is 28.3 Å². The second kappa shape index (κ2) is 7.67. The van der Waals surface area contributed by atoms with Gasteiger partial charge in [-0.3, -0.25) is 0 Å². The summed E-state index contributed by atoms with van der Waals surface area (Å²) < 4.78 is 0. The van der Waals surface area contributed by atoms with Gasteiger partial charge in [0.1, 0.15) is 0 Å². The van der Waals surface area contributed by atoms with E-state index in [-0.39, 0.29) is 5.28 Å². The van der Waals surface area contributed by atoms with E-state index in [1.807, 2.05) is 0 Å². The molecule has 96 valence electrons. The highest BCUT2D eigenvalue weighted by molar-refractivity contribution is 6.32. The minimum absolute atomic E-state index is 0.141. The van der Waals surface area contributed by atoms with Gasteiger partial charge in [-0.25, -0.2) is 0 Å². The lowest BCUT2D eigenvalue weighted by Gasteiger charge is -2.23. The van der Waals surface area contributed by atoms with Crippen molar-refractivity contribution in [2.45, 2.75) is 39.5 Å². The third-order valence-electron chi connectivity index (χ3n) is 2.47. The number of hydrogen-bond donors (Lipinski definition) is 0. The molecule has 1 aromatic heterocycles. The molecule has 0 atom stereocenters. The van der Waals surface area contributed by atoms with Crippen LogP contribution >= 0.6 is 23.2 Å². The van der Waals surface area contributed by atoms with Crippen LogP contribution in [0.4, 0.5) is 5.82 Å². The molecule has 0 saturated carbocycles. The number of hydrogen-bond acceptors (Lipinski definition) is 4. The molecule has 1 heterocycles. The summed E-state index contributed by atoms with van der Waals surface area (Å²) in [6, 6.07) is 0. The van der Waals surface area contributed by atoms with Crippen LogP contribution in [0.1, 0.15) is 39.5 Å². The molecular formula is C11H18Cl2N4. The van der Waals surface area contributed by atoms with Crippen molar-refractivity contribution in [3.8, 4) is 0 Å². The first-order valence-corrected chi connectivity index (χ1v) is 6.75. The molecule has 0 bridgehead atoms. The van der Waals surface area contributed by atoms with Gasteiger partial charge in [0.05, 0.1) is 0 Å². The summed E-state index contributed by atoms with van der Waals surface area (Å²) >= 11 is 11.8. The smallest absolute Gasteiger partial charge is 0.245 e. The normalized spacial score (nSPS) is 10.6. The third kappa shape index (κ3) is 4.64. The topological polar surface area (TPSA) is 41.9 Å². The number of unbranched alkanes of at least 4 members (excludes halogenated alkanes) is 2. The molecular weight excluding hydrogens is 259 g/mol. The van der Waals surface area contributed by atoms with Gasteiger partial charge in [-0.05, 0) is 24.4 Å². The Morgan fingerprint density at radius 3 is 2.12 bits per heavy atom. The van der Waals surface area contributed by atoms with E-state index in [1.54, 1.807) is 0 Å². The second-order valence-electron chi connectivity index (χ2n) is 3.89. The lowest BCUT2D eigenvalue weighted by Crippen LogP contribution is -2.27. The molecule has 0 aliphatic carbocycles. The Bertz CT molecular complexity index is 338. The van der Waals surface area contributed by atoms with Crippen molar-refractivity contribution < 1.29 is 0 Å². The van der Waals surface area contributed by atoms with Crippen molar-refractivity contribution in [3.05, 3.63) is 10.4 Å². The molecule has 6 heteroatoms. The summed E-state index contributed by atoms with van der Waals surface area (Å²) in [5, 5.41) is 7.89. The van der Waals surface area contributed by atoms with E-state index in [1.165, 1.54) is 0 Å². The molecule has 4 nitrogen and oxygen atoms in total. The van der Waals surface area contributed by atoms with Gasteiger partial charge < -0.3 is 4.90 Å². The van der Waals surface area contributed by atoms with Crippen molar-refractivity contribution in [2.24, 2.45) is 0 Å². The van der Waals surface area contributed by atoms with Crippen molar-refractivity contribution >= 4 is 29.0 Å². The fraction of sp³-hybridized carbons (Fsp3) is 0.727. The summed E-state index contributed by atoms with van der Waals surface area (Å²) in [5.74, 6) is 0.647. The van der Waals surface area contributed by atoms with E-state index >= 15 is 0 Å². The van der Waals surface area contributed by atoms with Gasteiger partial charge in [0.15, 0.2) is 11.0 Å². The number of aromatic nitrogens is 3. The first-order valence-electron chi connectivity index (χ1n) is 5.99. The van der Waals surface area contributed by atoms with E-state index < -0.39 is 0 Å². The van der Waals surface area contributed by atoms with Crippen LogP contribution in [0.3, 0.4) is 0 Å². The van der Waals surface area contributed by atoms with Crippen LogP contribution in [0.15, 0.2) is 0 Å². The monoisotopic (exact) mass is 276 g/mol. The van der Waals surface area contributed by atoms with Crippen molar-refractivity contribution in [2.75, 3.05) is 18.0 Å². The van der Waals surface area contributed by atoms with Gasteiger partial charge in [0.25, 0.3) is 0 Å². The highest BCUT2D eigenvalue weighted by Gasteiger charge is 2.13. The van der Waals surface area contributed by atoms with E-state index in [9.17, 15) is 0 Å². The van der Waals surface area contributed by atoms with E-state index in [0.717, 1.165) is 38.8 Å². The first-order chi connectivity index (χ1) is 8.19. The van der Waals surface area contributed by atoms with Crippen LogP contribution in [0.5, 0.6) is 0 Å². The highest BCUT2D eigenvalue weighted by atomic mass is 35.5. The third-order valence-corrected chi connectivity index (χ3v) is 2.87. The molecule has 1 rings (SSSR count). The van der Waals surface area contributed by atoms with Gasteiger partial charge in [0.2, 0.25) is 5.28 Å². The zero-order chi connectivity index (χ0) is 12.7. The Morgan fingerprint density at radius 1 is 1.00 bits per heavy atom. The molecule has 0 spiro atoms. The summed E-state index contributed by atoms with van der Waals surface area (Å²) in [7, 11) is 0. The molecule has 0 fully saturated rings. The lowest BCUT2D eigenvalue weighted by atomic mass is 10.2. The molecule has 0 N–H and O–H groups in total. The predicted octanol–water partition coefficient (Wildman–Crippen LogP) is 3.59. The Labute approximate surface area is 112 Å². The molecule has 0 aromatic carbocycles. The first kappa shape index (κ1) is 14.5. The van der Waals surface area contributed by atoms with Gasteiger partial charge >= 0.3 is 0 Å². The maximum Gasteiger partial charge on any atom is 0.245 e. The molecule has 0 unspecified atom stereocenters. The van der Waals surface area contributed by atoms with Crippen LogP contribution < -0.4 is 4.90 Å². The van der Waals surface area contributed by atoms with Crippen LogP contribution in [0.2, 0.25) is 10.4 Å². The van der Waals surface area contributed by atoms with Gasteiger partial charge in [-0.2, -0.15) is 4.98 Å². The molecule has 0 amide bonds. The summed E-state index contributed by atoms with van der Waals surface area (Å²) in [6.45, 7) is 6.16. The molecule has 1 aromatic rings. The Hall–Kier alpha value is -0.610. The average molecular weight is 277 g/mol. The maximum atomic E-state index is 6.01. The van der Waals surface area contributed by atoms with E-state index in [0.29, 0.717) is 11.0 Å². The van der Waals surface area contributed by atoms with E-state index in [2.05, 4.69) is 33.9 Å². The Morgan fingerprint density at radius 2 is 1.59 bits per heavy atom. The lowest BCUT2D eigenvalue weighted by molar-refractivity contribution is 0.667. The zero-order valence-electron chi connectivity index (χ0n) is 10.3. The maximum absolute atomic E-state index is 6.01. The minimum atomic E-state index is 0.141. The van der Waals surface area contributed by atoms with Crippen molar-refractivity contribution in [3.63, 3.8) is 0 Å². The fourth-order valence-electron chi connectivity index (χ4n) is 1.51. The van der Waals surface area contributed by atoms with Gasteiger partial charge in [-0.15, -0.1) is 10.2 Å². The second-order valence-corrected chi connectivity index (χ2v) is 4.59. The summed E-state index contributed by atoms with van der Waals surface area (Å²) in [5.41, 5.74) is 0. The van der Waals surface area contributed by atoms with Crippen LogP contribution in [0.25, 0.3) is 0 Å².